The number of hydrogen-bond acceptors (Lipinski definition) is 4. The van der Waals surface area contributed by atoms with E-state index >= 15 is 0 Å². The molecule has 2 amide bonds. The Bertz CT molecular complexity index is 1230. The van der Waals surface area contributed by atoms with E-state index < -0.39 is 5.60 Å². The first-order valence-electron chi connectivity index (χ1n) is 15.8. The topological polar surface area (TPSA) is 83.8 Å². The minimum Gasteiger partial charge on any atom is -0.388 e. The van der Waals surface area contributed by atoms with E-state index in [0.29, 0.717) is 37.5 Å². The van der Waals surface area contributed by atoms with E-state index in [9.17, 15) is 14.7 Å². The summed E-state index contributed by atoms with van der Waals surface area (Å²) in [5, 5.41) is 14.0. The molecule has 0 unspecified atom stereocenters. The Balaban J connectivity index is 1.84. The second-order valence-corrected chi connectivity index (χ2v) is 14.8. The second-order valence-electron chi connectivity index (χ2n) is 14.8. The van der Waals surface area contributed by atoms with Crippen LogP contribution >= 0.6 is 0 Å². The van der Waals surface area contributed by atoms with Gasteiger partial charge in [0.05, 0.1) is 16.9 Å². The summed E-state index contributed by atoms with van der Waals surface area (Å²) >= 11 is 0. The van der Waals surface area contributed by atoms with Crippen LogP contribution in [0.3, 0.4) is 0 Å². The highest BCUT2D eigenvalue weighted by molar-refractivity contribution is 5.97. The zero-order chi connectivity index (χ0) is 30.9. The van der Waals surface area contributed by atoms with Crippen LogP contribution in [0, 0.1) is 12.8 Å². The van der Waals surface area contributed by atoms with Crippen LogP contribution < -0.4 is 10.2 Å². The number of ether oxygens (including phenoxy) is 1. The Morgan fingerprint density at radius 3 is 2.14 bits per heavy atom. The number of benzene rings is 1. The average molecular weight is 580 g/mol. The van der Waals surface area contributed by atoms with Crippen LogP contribution in [-0.4, -0.2) is 54.4 Å². The molecule has 1 saturated heterocycles. The van der Waals surface area contributed by atoms with E-state index in [0.717, 1.165) is 46.7 Å². The van der Waals surface area contributed by atoms with Gasteiger partial charge in [-0.25, -0.2) is 0 Å². The Morgan fingerprint density at radius 2 is 1.62 bits per heavy atom. The monoisotopic (exact) mass is 579 g/mol. The molecule has 2 heterocycles. The smallest absolute Gasteiger partial charge is 0.253 e. The summed E-state index contributed by atoms with van der Waals surface area (Å²) in [5.41, 5.74) is 5.52. The molecule has 4 rings (SSSR count). The summed E-state index contributed by atoms with van der Waals surface area (Å²) in [6.45, 7) is 17.3. The third-order valence-electron chi connectivity index (χ3n) is 9.31. The zero-order valence-electron chi connectivity index (χ0n) is 27.2. The highest BCUT2D eigenvalue weighted by Gasteiger charge is 2.32. The van der Waals surface area contributed by atoms with Gasteiger partial charge in [0.25, 0.3) is 5.91 Å². The summed E-state index contributed by atoms with van der Waals surface area (Å²) in [6, 6.07) is 6.49. The fourth-order valence-corrected chi connectivity index (χ4v) is 6.60. The molecule has 7 nitrogen and oxygen atoms in total. The second kappa shape index (κ2) is 12.5. The van der Waals surface area contributed by atoms with Crippen molar-refractivity contribution in [2.75, 3.05) is 31.7 Å². The fraction of sp³-hybridized carbons (Fsp3) is 0.657. The lowest BCUT2D eigenvalue weighted by Crippen LogP contribution is -2.46. The third-order valence-corrected chi connectivity index (χ3v) is 9.31. The number of aromatic nitrogens is 1. The molecule has 1 aromatic carbocycles. The van der Waals surface area contributed by atoms with Crippen molar-refractivity contribution in [3.05, 3.63) is 40.6 Å². The Kier molecular flexibility index (Phi) is 9.63. The summed E-state index contributed by atoms with van der Waals surface area (Å²) in [4.78, 5) is 27.4. The van der Waals surface area contributed by atoms with Crippen molar-refractivity contribution in [2.24, 2.45) is 5.92 Å². The number of carbonyl (C=O) groups excluding carboxylic acids is 2. The first-order valence-corrected chi connectivity index (χ1v) is 15.8. The lowest BCUT2D eigenvalue weighted by atomic mass is 9.77. The Hall–Kier alpha value is -2.64. The summed E-state index contributed by atoms with van der Waals surface area (Å²) in [6.07, 6.45) is 8.15. The van der Waals surface area contributed by atoms with Crippen LogP contribution in [0.1, 0.15) is 114 Å². The standard InChI is InChI=1S/C35H53N3O4/c1-24-27(32(40)36-22-35(41)14-16-42-17-15-35)20-30(38(24)21-25-12-10-9-11-13-25)26-18-28(33(2,3)4)31(37(8)23-39)29(19-26)34(5,6)7/h18-20,23,25,41H,9-17,21-22H2,1-8H3,(H,36,40). The maximum Gasteiger partial charge on any atom is 0.253 e. The molecular weight excluding hydrogens is 526 g/mol. The molecule has 1 aromatic heterocycles. The van der Waals surface area contributed by atoms with Gasteiger partial charge in [0.2, 0.25) is 6.41 Å². The molecule has 1 saturated carbocycles. The number of hydrogen-bond donors (Lipinski definition) is 2. The molecule has 7 heteroatoms. The van der Waals surface area contributed by atoms with E-state index in [4.69, 9.17) is 4.74 Å². The van der Waals surface area contributed by atoms with Crippen molar-refractivity contribution in [1.29, 1.82) is 0 Å². The van der Waals surface area contributed by atoms with Gasteiger partial charge in [-0.2, -0.15) is 0 Å². The van der Waals surface area contributed by atoms with Crippen molar-refractivity contribution in [1.82, 2.24) is 9.88 Å². The van der Waals surface area contributed by atoms with Crippen molar-refractivity contribution in [3.8, 4) is 11.3 Å². The van der Waals surface area contributed by atoms with Crippen molar-refractivity contribution >= 4 is 18.0 Å². The first kappa shape index (κ1) is 32.3. The first-order chi connectivity index (χ1) is 19.6. The predicted octanol–water partition coefficient (Wildman–Crippen LogP) is 6.50. The number of aliphatic hydroxyl groups is 1. The number of amides is 2. The summed E-state index contributed by atoms with van der Waals surface area (Å²) in [5.74, 6) is 0.424. The molecule has 2 aromatic rings. The number of anilines is 1. The Morgan fingerprint density at radius 1 is 1.05 bits per heavy atom. The van der Waals surface area contributed by atoms with E-state index in [1.807, 2.05) is 20.0 Å². The highest BCUT2D eigenvalue weighted by Crippen LogP contribution is 2.43. The fourth-order valence-electron chi connectivity index (χ4n) is 6.60. The van der Waals surface area contributed by atoms with Crippen molar-refractivity contribution < 1.29 is 19.4 Å². The lowest BCUT2D eigenvalue weighted by molar-refractivity contribution is -0.107. The van der Waals surface area contributed by atoms with Crippen LogP contribution in [0.25, 0.3) is 11.3 Å². The van der Waals surface area contributed by atoms with Crippen molar-refractivity contribution in [2.45, 2.75) is 116 Å². The van der Waals surface area contributed by atoms with E-state index in [1.54, 1.807) is 4.90 Å². The molecular formula is C35H53N3O4. The quantitative estimate of drug-likeness (QED) is 0.350. The molecule has 232 valence electrons. The number of nitrogens with zero attached hydrogens (tertiary/aromatic N) is 2. The summed E-state index contributed by atoms with van der Waals surface area (Å²) < 4.78 is 7.77. The minimum atomic E-state index is -0.932. The van der Waals surface area contributed by atoms with Gasteiger partial charge in [-0.05, 0) is 71.4 Å². The van der Waals surface area contributed by atoms with E-state index in [1.165, 1.54) is 32.1 Å². The van der Waals surface area contributed by atoms with Crippen LogP contribution in [-0.2, 0) is 26.9 Å². The van der Waals surface area contributed by atoms with Crippen LogP contribution in [0.15, 0.2) is 18.2 Å². The van der Waals surface area contributed by atoms with Gasteiger partial charge in [0.15, 0.2) is 0 Å². The van der Waals surface area contributed by atoms with Gasteiger partial charge < -0.3 is 24.6 Å². The summed E-state index contributed by atoms with van der Waals surface area (Å²) in [7, 11) is 1.83. The predicted molar refractivity (Wildman–Crippen MR) is 170 cm³/mol. The number of nitrogens with one attached hydrogen (secondary N) is 1. The van der Waals surface area contributed by atoms with Crippen molar-refractivity contribution in [3.63, 3.8) is 0 Å². The highest BCUT2D eigenvalue weighted by atomic mass is 16.5. The SMILES string of the molecule is Cc1c(C(=O)NCC2(O)CCOCC2)cc(-c2cc(C(C)(C)C)c(N(C)C=O)c(C(C)(C)C)c2)n1CC1CCCCC1. The third kappa shape index (κ3) is 7.11. The van der Waals surface area contributed by atoms with Gasteiger partial charge in [-0.1, -0.05) is 60.8 Å². The maximum absolute atomic E-state index is 13.7. The number of rotatable bonds is 8. The molecule has 2 aliphatic rings. The molecule has 2 N–H and O–H groups in total. The van der Waals surface area contributed by atoms with Gasteiger partial charge >= 0.3 is 0 Å². The minimum absolute atomic E-state index is 0.152. The van der Waals surface area contributed by atoms with Crippen LogP contribution in [0.4, 0.5) is 5.69 Å². The molecule has 0 spiro atoms. The Labute approximate surface area is 253 Å². The largest absolute Gasteiger partial charge is 0.388 e. The molecule has 42 heavy (non-hydrogen) atoms. The maximum atomic E-state index is 13.7. The van der Waals surface area contributed by atoms with Gasteiger partial charge in [0.1, 0.15) is 0 Å². The average Bonchev–Trinajstić information content (AvgIpc) is 3.26. The molecule has 1 aliphatic heterocycles. The zero-order valence-corrected chi connectivity index (χ0v) is 27.2. The molecule has 2 fully saturated rings. The number of carbonyl (C=O) groups is 2. The van der Waals surface area contributed by atoms with E-state index in [2.05, 4.69) is 63.6 Å². The molecule has 0 atom stereocenters. The van der Waals surface area contributed by atoms with Gasteiger partial charge in [-0.15, -0.1) is 0 Å². The molecule has 0 bridgehead atoms. The molecule has 0 radical (unpaired) electrons. The molecule has 1 aliphatic carbocycles. The van der Waals surface area contributed by atoms with Crippen LogP contribution in [0.2, 0.25) is 0 Å². The lowest BCUT2D eigenvalue weighted by Gasteiger charge is -2.34. The normalized spacial score (nSPS) is 18.1. The van der Waals surface area contributed by atoms with E-state index in [-0.39, 0.29) is 23.3 Å². The van der Waals surface area contributed by atoms with Gasteiger partial charge in [0, 0.05) is 57.6 Å². The van der Waals surface area contributed by atoms with Crippen LogP contribution in [0.5, 0.6) is 0 Å². The van der Waals surface area contributed by atoms with Gasteiger partial charge in [-0.3, -0.25) is 9.59 Å².